The number of nitrogens with zero attached hydrogens (tertiary/aromatic N) is 1. The Kier molecular flexibility index (Phi) is 5.04. The van der Waals surface area contributed by atoms with Crippen molar-refractivity contribution in [1.82, 2.24) is 10.2 Å². The minimum atomic E-state index is 0.778. The van der Waals surface area contributed by atoms with Gasteiger partial charge in [-0.25, -0.2) is 0 Å². The number of nitrogens with one attached hydrogen (secondary N) is 1. The lowest BCUT2D eigenvalue weighted by Crippen LogP contribution is -2.45. The minimum absolute atomic E-state index is 0.778. The molecular weight excluding hydrogens is 244 g/mol. The van der Waals surface area contributed by atoms with Crippen molar-refractivity contribution in [2.24, 2.45) is 11.3 Å². The van der Waals surface area contributed by atoms with Crippen LogP contribution in [0.15, 0.2) is 0 Å². The van der Waals surface area contributed by atoms with Gasteiger partial charge in [0.25, 0.3) is 0 Å². The van der Waals surface area contributed by atoms with Gasteiger partial charge in [0.05, 0.1) is 0 Å². The largest absolute Gasteiger partial charge is 0.317 e. The van der Waals surface area contributed by atoms with E-state index in [1.165, 1.54) is 90.3 Å². The first-order chi connectivity index (χ1) is 9.81. The molecule has 0 aromatic heterocycles. The molecule has 2 heteroatoms. The number of hydrogen-bond acceptors (Lipinski definition) is 2. The maximum atomic E-state index is 3.61. The van der Waals surface area contributed by atoms with Crippen LogP contribution in [0.1, 0.15) is 70.6 Å². The second kappa shape index (κ2) is 6.79. The minimum Gasteiger partial charge on any atom is -0.317 e. The molecule has 20 heavy (non-hydrogen) atoms. The molecule has 0 aromatic carbocycles. The Hall–Kier alpha value is -0.0800. The van der Waals surface area contributed by atoms with Crippen LogP contribution >= 0.6 is 0 Å². The van der Waals surface area contributed by atoms with Gasteiger partial charge in [0.1, 0.15) is 0 Å². The Balaban J connectivity index is 1.50. The molecule has 2 nitrogen and oxygen atoms in total. The van der Waals surface area contributed by atoms with Crippen LogP contribution < -0.4 is 5.32 Å². The highest BCUT2D eigenvalue weighted by atomic mass is 15.1. The highest BCUT2D eigenvalue weighted by molar-refractivity contribution is 4.91. The first-order valence-electron chi connectivity index (χ1n) is 9.21. The Bertz CT molecular complexity index is 286. The van der Waals surface area contributed by atoms with Crippen molar-refractivity contribution in [3.8, 4) is 0 Å². The topological polar surface area (TPSA) is 15.3 Å². The normalized spacial score (nSPS) is 35.2. The molecule has 2 unspecified atom stereocenters. The Morgan fingerprint density at radius 1 is 0.900 bits per heavy atom. The van der Waals surface area contributed by atoms with Crippen molar-refractivity contribution in [2.75, 3.05) is 26.7 Å². The predicted molar refractivity (Wildman–Crippen MR) is 86.0 cm³/mol. The average molecular weight is 278 g/mol. The van der Waals surface area contributed by atoms with E-state index in [1.807, 2.05) is 0 Å². The van der Waals surface area contributed by atoms with E-state index in [-0.39, 0.29) is 0 Å². The third-order valence-electron chi connectivity index (χ3n) is 6.60. The number of hydrogen-bond donors (Lipinski definition) is 1. The summed E-state index contributed by atoms with van der Waals surface area (Å²) in [5.74, 6) is 0.903. The lowest BCUT2D eigenvalue weighted by molar-refractivity contribution is 0.0883. The molecule has 2 saturated carbocycles. The third-order valence-corrected chi connectivity index (χ3v) is 6.60. The maximum Gasteiger partial charge on any atom is 0.0104 e. The molecule has 1 spiro atoms. The highest BCUT2D eigenvalue weighted by Gasteiger charge is 2.37. The van der Waals surface area contributed by atoms with Crippen LogP contribution in [0.4, 0.5) is 0 Å². The number of likely N-dealkylation sites (tertiary alicyclic amines) is 1. The van der Waals surface area contributed by atoms with Crippen LogP contribution in [0.3, 0.4) is 0 Å². The highest BCUT2D eigenvalue weighted by Crippen LogP contribution is 2.46. The molecule has 3 fully saturated rings. The van der Waals surface area contributed by atoms with Crippen molar-refractivity contribution < 1.29 is 0 Å². The zero-order valence-electron chi connectivity index (χ0n) is 13.5. The average Bonchev–Trinajstić information content (AvgIpc) is 2.80. The van der Waals surface area contributed by atoms with Gasteiger partial charge in [0, 0.05) is 12.6 Å². The van der Waals surface area contributed by atoms with Gasteiger partial charge in [0.2, 0.25) is 0 Å². The molecule has 0 bridgehead atoms. The molecule has 1 N–H and O–H groups in total. The van der Waals surface area contributed by atoms with Crippen LogP contribution in [-0.4, -0.2) is 37.6 Å². The third kappa shape index (κ3) is 3.39. The molecule has 1 saturated heterocycles. The summed E-state index contributed by atoms with van der Waals surface area (Å²) >= 11 is 0. The van der Waals surface area contributed by atoms with E-state index in [0.717, 1.165) is 17.4 Å². The number of piperidine rings is 1. The lowest BCUT2D eigenvalue weighted by Gasteiger charge is -2.41. The zero-order valence-corrected chi connectivity index (χ0v) is 13.5. The summed E-state index contributed by atoms with van der Waals surface area (Å²) in [6.45, 7) is 4.13. The first kappa shape index (κ1) is 14.8. The maximum absolute atomic E-state index is 3.61. The second-order valence-corrected chi connectivity index (χ2v) is 7.80. The van der Waals surface area contributed by atoms with Crippen molar-refractivity contribution in [1.29, 1.82) is 0 Å². The molecule has 0 radical (unpaired) electrons. The van der Waals surface area contributed by atoms with E-state index in [9.17, 15) is 0 Å². The molecule has 0 aromatic rings. The first-order valence-corrected chi connectivity index (χ1v) is 9.21. The Morgan fingerprint density at radius 3 is 2.30 bits per heavy atom. The van der Waals surface area contributed by atoms with E-state index < -0.39 is 0 Å². The molecule has 116 valence electrons. The van der Waals surface area contributed by atoms with Gasteiger partial charge in [-0.2, -0.15) is 0 Å². The SMILES string of the molecule is CNC1CCCCCC1CN1CCC2(CCCC2)CC1. The lowest BCUT2D eigenvalue weighted by atomic mass is 9.77. The van der Waals surface area contributed by atoms with E-state index in [2.05, 4.69) is 17.3 Å². The molecule has 2 aliphatic carbocycles. The molecule has 2 atom stereocenters. The zero-order chi connectivity index (χ0) is 13.8. The monoisotopic (exact) mass is 278 g/mol. The van der Waals surface area contributed by atoms with Gasteiger partial charge in [-0.3, -0.25) is 0 Å². The summed E-state index contributed by atoms with van der Waals surface area (Å²) in [5, 5.41) is 3.61. The van der Waals surface area contributed by atoms with Gasteiger partial charge in [-0.05, 0) is 70.0 Å². The van der Waals surface area contributed by atoms with Crippen LogP contribution in [0, 0.1) is 11.3 Å². The molecule has 1 aliphatic heterocycles. The van der Waals surface area contributed by atoms with E-state index in [4.69, 9.17) is 0 Å². The summed E-state index contributed by atoms with van der Waals surface area (Å²) in [6, 6.07) is 0.778. The van der Waals surface area contributed by atoms with Gasteiger partial charge in [-0.1, -0.05) is 32.1 Å². The van der Waals surface area contributed by atoms with Crippen LogP contribution in [0.5, 0.6) is 0 Å². The number of rotatable bonds is 3. The van der Waals surface area contributed by atoms with Gasteiger partial charge >= 0.3 is 0 Å². The Labute approximate surface area is 125 Å². The van der Waals surface area contributed by atoms with Gasteiger partial charge in [-0.15, -0.1) is 0 Å². The smallest absolute Gasteiger partial charge is 0.0104 e. The molecule has 0 amide bonds. The van der Waals surface area contributed by atoms with Crippen LogP contribution in [0.25, 0.3) is 0 Å². The van der Waals surface area contributed by atoms with E-state index in [0.29, 0.717) is 0 Å². The molecule has 3 aliphatic rings. The van der Waals surface area contributed by atoms with E-state index >= 15 is 0 Å². The van der Waals surface area contributed by atoms with Crippen molar-refractivity contribution in [3.05, 3.63) is 0 Å². The van der Waals surface area contributed by atoms with Crippen molar-refractivity contribution in [3.63, 3.8) is 0 Å². The van der Waals surface area contributed by atoms with Gasteiger partial charge in [0.15, 0.2) is 0 Å². The summed E-state index contributed by atoms with van der Waals surface area (Å²) in [6.07, 6.45) is 16.3. The fourth-order valence-corrected chi connectivity index (χ4v) is 5.15. The molecule has 3 rings (SSSR count). The quantitative estimate of drug-likeness (QED) is 0.790. The van der Waals surface area contributed by atoms with Crippen LogP contribution in [0.2, 0.25) is 0 Å². The van der Waals surface area contributed by atoms with Crippen molar-refractivity contribution in [2.45, 2.75) is 76.7 Å². The molecular formula is C18H34N2. The fourth-order valence-electron chi connectivity index (χ4n) is 5.15. The summed E-state index contributed by atoms with van der Waals surface area (Å²) in [4.78, 5) is 2.80. The van der Waals surface area contributed by atoms with E-state index in [1.54, 1.807) is 0 Å². The fraction of sp³-hybridized carbons (Fsp3) is 1.00. The summed E-state index contributed by atoms with van der Waals surface area (Å²) < 4.78 is 0. The van der Waals surface area contributed by atoms with Crippen LogP contribution in [-0.2, 0) is 0 Å². The summed E-state index contributed by atoms with van der Waals surface area (Å²) in [7, 11) is 2.17. The standard InChI is InChI=1S/C18H34N2/c1-19-17-8-4-2-3-7-16(17)15-20-13-11-18(12-14-20)9-5-6-10-18/h16-17,19H,2-15H2,1H3. The van der Waals surface area contributed by atoms with Gasteiger partial charge < -0.3 is 10.2 Å². The van der Waals surface area contributed by atoms with Crippen molar-refractivity contribution >= 4 is 0 Å². The second-order valence-electron chi connectivity index (χ2n) is 7.80. The molecule has 1 heterocycles. The predicted octanol–water partition coefficient (Wildman–Crippen LogP) is 3.81. The summed E-state index contributed by atoms with van der Waals surface area (Å²) in [5.41, 5.74) is 0.780. The Morgan fingerprint density at radius 2 is 1.60 bits per heavy atom.